The molecule has 4 aliphatic rings. The third-order valence-corrected chi connectivity index (χ3v) is 12.9. The molecule has 0 spiro atoms. The summed E-state index contributed by atoms with van der Waals surface area (Å²) >= 11 is 0. The molecule has 0 unspecified atom stereocenters. The summed E-state index contributed by atoms with van der Waals surface area (Å²) in [6.45, 7) is 12.8. The van der Waals surface area contributed by atoms with Gasteiger partial charge in [0.1, 0.15) is 25.6 Å². The molecule has 2 saturated carbocycles. The van der Waals surface area contributed by atoms with Crippen LogP contribution in [0, 0.1) is 28.1 Å². The van der Waals surface area contributed by atoms with Gasteiger partial charge in [-0.05, 0) is 48.8 Å². The lowest BCUT2D eigenvalue weighted by Crippen LogP contribution is -2.75. The number of amides is 1. The Kier molecular flexibility index (Phi) is 11.1. The molecule has 1 amide bonds. The van der Waals surface area contributed by atoms with Crippen molar-refractivity contribution in [3.05, 3.63) is 47.0 Å². The van der Waals surface area contributed by atoms with Gasteiger partial charge in [-0.25, -0.2) is 15.1 Å². The Morgan fingerprint density at radius 1 is 1.12 bits per heavy atom. The topological polar surface area (TPSA) is 181 Å². The SMILES string of the molecule is CCC(=O)O[C@@H](C(=O)O[C@H]1C[C@@]2(O)[C@@H](C)[C@@H]3[C@]4(C)CO[C@@H]4C[C@H](OC(=O)N(C)C)[C@@]3(C)C(=O)[C@H](O)C(=C1C)C2(C)C)[C@@H]([B]CNO)c1ccccc1. The minimum atomic E-state index is -1.74. The van der Waals surface area contributed by atoms with Crippen LogP contribution in [0.1, 0.15) is 79.1 Å². The molecular formula is C38H54BN2O11. The van der Waals surface area contributed by atoms with Crippen molar-refractivity contribution in [1.82, 2.24) is 10.4 Å². The molecule has 0 aromatic heterocycles. The van der Waals surface area contributed by atoms with Gasteiger partial charge in [0.05, 0.1) is 23.7 Å². The summed E-state index contributed by atoms with van der Waals surface area (Å²) in [5.74, 6) is -4.20. The number of hydrogen-bond donors (Lipinski definition) is 4. The summed E-state index contributed by atoms with van der Waals surface area (Å²) < 4.78 is 23.9. The van der Waals surface area contributed by atoms with Crippen LogP contribution in [-0.4, -0.2) is 115 Å². The van der Waals surface area contributed by atoms with Gasteiger partial charge < -0.3 is 39.3 Å². The highest BCUT2D eigenvalue weighted by Crippen LogP contribution is 2.67. The zero-order chi connectivity index (χ0) is 38.6. The number of rotatable bonds is 10. The van der Waals surface area contributed by atoms with Gasteiger partial charge in [0.25, 0.3) is 0 Å². The van der Waals surface area contributed by atoms with Crippen LogP contribution >= 0.6 is 0 Å². The van der Waals surface area contributed by atoms with E-state index in [1.54, 1.807) is 86.3 Å². The summed E-state index contributed by atoms with van der Waals surface area (Å²) in [4.78, 5) is 56.2. The summed E-state index contributed by atoms with van der Waals surface area (Å²) in [6.07, 6.45) is -6.15. The van der Waals surface area contributed by atoms with Gasteiger partial charge >= 0.3 is 18.0 Å². The maximum Gasteiger partial charge on any atom is 0.409 e. The molecule has 1 aliphatic heterocycles. The molecular weight excluding hydrogens is 671 g/mol. The predicted molar refractivity (Wildman–Crippen MR) is 189 cm³/mol. The number of aliphatic hydroxyl groups excluding tert-OH is 1. The number of ether oxygens (including phenoxy) is 4. The van der Waals surface area contributed by atoms with Gasteiger partial charge in [0, 0.05) is 50.0 Å². The number of hydroxylamine groups is 1. The summed E-state index contributed by atoms with van der Waals surface area (Å²) in [5.41, 5.74) is -1.57. The molecule has 2 bridgehead atoms. The molecule has 3 fully saturated rings. The van der Waals surface area contributed by atoms with Crippen molar-refractivity contribution in [3.63, 3.8) is 0 Å². The molecule has 5 rings (SSSR count). The maximum absolute atomic E-state index is 14.9. The second-order valence-electron chi connectivity index (χ2n) is 16.2. The number of ketones is 1. The van der Waals surface area contributed by atoms with Crippen LogP contribution in [0.5, 0.6) is 0 Å². The van der Waals surface area contributed by atoms with Crippen molar-refractivity contribution >= 4 is 31.1 Å². The molecule has 11 atom stereocenters. The van der Waals surface area contributed by atoms with Crippen molar-refractivity contribution in [2.75, 3.05) is 27.1 Å². The number of carbonyl (C=O) groups is 4. The molecule has 13 nitrogen and oxygen atoms in total. The largest absolute Gasteiger partial charge is 0.455 e. The Hall–Kier alpha value is -3.30. The standard InChI is InChI=1S/C38H54BN2O11/c1-10-26(42)52-30(28(39-19-40-48)22-14-12-11-13-15-22)33(45)50-23-17-38(47)21(3)31-36(6)18-49-24(36)16-25(51-34(46)41(8)9)37(31,7)32(44)29(43)27(20(23)2)35(38,4)5/h11-15,21,23-25,28-31,40,43,47-48H,10,16-19H2,1-9H3/t21-,23-,24+,25-,28-,29+,30+,31+,36+,37+,38+/m0/s1. The van der Waals surface area contributed by atoms with E-state index in [0.717, 1.165) is 0 Å². The summed E-state index contributed by atoms with van der Waals surface area (Å²) in [6, 6.07) is 8.88. The molecule has 1 heterocycles. The number of nitrogens with zero attached hydrogens (tertiary/aromatic N) is 1. The first-order valence-corrected chi connectivity index (χ1v) is 18.1. The molecule has 1 aromatic carbocycles. The lowest BCUT2D eigenvalue weighted by Gasteiger charge is -2.68. The van der Waals surface area contributed by atoms with Crippen LogP contribution in [0.2, 0.25) is 0 Å². The highest BCUT2D eigenvalue weighted by Gasteiger charge is 2.73. The minimum Gasteiger partial charge on any atom is -0.455 e. The fraction of sp³-hybridized carbons (Fsp3) is 0.684. The first-order valence-electron chi connectivity index (χ1n) is 18.1. The van der Waals surface area contributed by atoms with E-state index in [1.807, 2.05) is 13.8 Å². The first-order chi connectivity index (χ1) is 24.3. The number of hydrogen-bond acceptors (Lipinski definition) is 12. The smallest absolute Gasteiger partial charge is 0.409 e. The fourth-order valence-electron chi connectivity index (χ4n) is 9.94. The molecule has 1 radical (unpaired) electrons. The third-order valence-electron chi connectivity index (χ3n) is 12.9. The summed E-state index contributed by atoms with van der Waals surface area (Å²) in [5, 5.41) is 34.8. The fourth-order valence-corrected chi connectivity index (χ4v) is 9.94. The van der Waals surface area contributed by atoms with E-state index in [2.05, 4.69) is 5.48 Å². The number of benzene rings is 1. The number of esters is 2. The zero-order valence-electron chi connectivity index (χ0n) is 31.7. The number of aliphatic hydroxyl groups is 2. The van der Waals surface area contributed by atoms with E-state index >= 15 is 0 Å². The van der Waals surface area contributed by atoms with Crippen LogP contribution < -0.4 is 5.48 Å². The highest BCUT2D eigenvalue weighted by atomic mass is 16.6. The Morgan fingerprint density at radius 3 is 2.33 bits per heavy atom. The summed E-state index contributed by atoms with van der Waals surface area (Å²) in [7, 11) is 4.70. The third kappa shape index (κ3) is 6.27. The average molecular weight is 726 g/mol. The zero-order valence-corrected chi connectivity index (χ0v) is 31.7. The van der Waals surface area contributed by atoms with E-state index < -0.39 is 87.7 Å². The van der Waals surface area contributed by atoms with E-state index in [0.29, 0.717) is 17.7 Å². The van der Waals surface area contributed by atoms with E-state index in [9.17, 15) is 34.6 Å². The molecule has 1 aromatic rings. The van der Waals surface area contributed by atoms with Crippen LogP contribution in [0.4, 0.5) is 4.79 Å². The molecule has 1 saturated heterocycles. The Bertz CT molecular complexity index is 1590. The minimum absolute atomic E-state index is 0.00964. The van der Waals surface area contributed by atoms with Crippen molar-refractivity contribution in [2.45, 2.75) is 110 Å². The number of nitrogens with one attached hydrogen (secondary N) is 1. The van der Waals surface area contributed by atoms with Crippen LogP contribution in [-0.2, 0) is 33.3 Å². The van der Waals surface area contributed by atoms with Crippen molar-refractivity contribution in [3.8, 4) is 0 Å². The Balaban J connectivity index is 1.61. The van der Waals surface area contributed by atoms with Gasteiger partial charge in [-0.2, -0.15) is 0 Å². The number of Topliss-reactive ketones (excluding diaryl/α,β-unsaturated/α-hetero) is 1. The van der Waals surface area contributed by atoms with Crippen LogP contribution in [0.15, 0.2) is 41.5 Å². The molecule has 3 aliphatic carbocycles. The molecule has 14 heteroatoms. The van der Waals surface area contributed by atoms with Crippen LogP contribution in [0.25, 0.3) is 0 Å². The predicted octanol–water partition coefficient (Wildman–Crippen LogP) is 3.16. The van der Waals surface area contributed by atoms with E-state index in [1.165, 1.54) is 4.90 Å². The van der Waals surface area contributed by atoms with Crippen LogP contribution in [0.3, 0.4) is 0 Å². The second kappa shape index (κ2) is 14.5. The molecule has 4 N–H and O–H groups in total. The first kappa shape index (κ1) is 39.9. The number of fused-ring (bicyclic) bond motifs is 5. The molecule has 52 heavy (non-hydrogen) atoms. The second-order valence-corrected chi connectivity index (χ2v) is 16.2. The average Bonchev–Trinajstić information content (AvgIpc) is 3.09. The van der Waals surface area contributed by atoms with E-state index in [-0.39, 0.29) is 37.4 Å². The molecule has 285 valence electrons. The maximum atomic E-state index is 14.9. The lowest BCUT2D eigenvalue weighted by molar-refractivity contribution is -0.302. The Labute approximate surface area is 306 Å². The van der Waals surface area contributed by atoms with Gasteiger partial charge in [-0.15, -0.1) is 0 Å². The van der Waals surface area contributed by atoms with Crippen molar-refractivity contribution < 1.29 is 53.5 Å². The normalized spacial score (nSPS) is 36.0. The lowest BCUT2D eigenvalue weighted by atomic mass is 9.40. The van der Waals surface area contributed by atoms with Gasteiger partial charge in [0.15, 0.2) is 11.9 Å². The van der Waals surface area contributed by atoms with Gasteiger partial charge in [0.2, 0.25) is 0 Å². The van der Waals surface area contributed by atoms with Gasteiger partial charge in [-0.3, -0.25) is 9.59 Å². The van der Waals surface area contributed by atoms with Crippen molar-refractivity contribution in [1.29, 1.82) is 0 Å². The quantitative estimate of drug-likeness (QED) is 0.0912. The van der Waals surface area contributed by atoms with E-state index in [4.69, 9.17) is 18.9 Å². The highest BCUT2D eigenvalue weighted by molar-refractivity contribution is 6.39. The van der Waals surface area contributed by atoms with Crippen molar-refractivity contribution in [2.24, 2.45) is 28.1 Å². The Morgan fingerprint density at radius 2 is 1.77 bits per heavy atom. The monoisotopic (exact) mass is 725 g/mol. The van der Waals surface area contributed by atoms with Gasteiger partial charge in [-0.1, -0.05) is 65.0 Å². The number of carbonyl (C=O) groups excluding carboxylic acids is 4.